The molecule has 5 nitrogen and oxygen atoms in total. The number of amides is 3. The molecule has 142 valence electrons. The van der Waals surface area contributed by atoms with E-state index in [2.05, 4.69) is 33.0 Å². The maximum Gasteiger partial charge on any atom is 0.233 e. The standard InChI is InChI=1S/C9H15NO2.C5H11NO.C5H12/c1-9(2,3)6-5-7(11)10(4)8(6)12;1-3-4-5(7)6-2;1-5(2,3)4/h6H,5H2,1-4H3;3-4H2,1-2H3,(H,6,7);1-4H3/i4D;2D;. The van der Waals surface area contributed by atoms with E-state index in [0.717, 1.165) is 11.3 Å². The fraction of sp³-hybridized carbons (Fsp3) is 0.842. The van der Waals surface area contributed by atoms with Crippen molar-refractivity contribution in [3.8, 4) is 0 Å². The molecule has 1 aliphatic rings. The Morgan fingerprint density at radius 3 is 1.96 bits per heavy atom. The zero-order valence-electron chi connectivity index (χ0n) is 18.8. The summed E-state index contributed by atoms with van der Waals surface area (Å²) in [7, 11) is -0.247. The number of imide groups is 1. The predicted molar refractivity (Wildman–Crippen MR) is 99.4 cm³/mol. The Morgan fingerprint density at radius 1 is 1.21 bits per heavy atom. The van der Waals surface area contributed by atoms with Crippen molar-refractivity contribution in [3.05, 3.63) is 0 Å². The molecule has 0 aliphatic carbocycles. The van der Waals surface area contributed by atoms with Crippen LogP contribution in [0.2, 0.25) is 0 Å². The Labute approximate surface area is 151 Å². The summed E-state index contributed by atoms with van der Waals surface area (Å²) < 4.78 is 13.6. The minimum atomic E-state index is -0.246. The van der Waals surface area contributed by atoms with Gasteiger partial charge in [-0.25, -0.2) is 0 Å². The van der Waals surface area contributed by atoms with Crippen LogP contribution in [0.5, 0.6) is 0 Å². The second-order valence-electron chi connectivity index (χ2n) is 8.63. The van der Waals surface area contributed by atoms with Gasteiger partial charge in [0.2, 0.25) is 17.7 Å². The molecule has 1 atom stereocenters. The number of likely N-dealkylation sites (tertiary alicyclic amines) is 1. The summed E-state index contributed by atoms with van der Waals surface area (Å²) in [6.07, 6.45) is 1.66. The zero-order valence-corrected chi connectivity index (χ0v) is 16.8. The van der Waals surface area contributed by atoms with E-state index < -0.39 is 0 Å². The molecule has 1 fully saturated rings. The highest BCUT2D eigenvalue weighted by atomic mass is 16.2. The fourth-order valence-electron chi connectivity index (χ4n) is 1.68. The van der Waals surface area contributed by atoms with Crippen molar-refractivity contribution in [2.75, 3.05) is 14.0 Å². The average Bonchev–Trinajstić information content (AvgIpc) is 2.73. The van der Waals surface area contributed by atoms with Gasteiger partial charge in [-0.2, -0.15) is 0 Å². The third-order valence-electron chi connectivity index (χ3n) is 2.96. The third-order valence-corrected chi connectivity index (χ3v) is 2.96. The van der Waals surface area contributed by atoms with E-state index in [-0.39, 0.29) is 49.5 Å². The molecule has 24 heavy (non-hydrogen) atoms. The molecular formula is C19H38N2O3. The molecule has 0 spiro atoms. The van der Waals surface area contributed by atoms with E-state index >= 15 is 0 Å². The Bertz CT molecular complexity index is 441. The molecule has 0 radical (unpaired) electrons. The summed E-state index contributed by atoms with van der Waals surface area (Å²) in [5.41, 5.74) is 0.316. The molecule has 1 N–H and O–H groups in total. The smallest absolute Gasteiger partial charge is 0.233 e. The summed E-state index contributed by atoms with van der Waals surface area (Å²) in [6, 6.07) is 0. The fourth-order valence-corrected chi connectivity index (χ4v) is 1.68. The molecule has 0 saturated carbocycles. The third kappa shape index (κ3) is 12.1. The monoisotopic (exact) mass is 344 g/mol. The Kier molecular flexibility index (Phi) is 9.01. The van der Waals surface area contributed by atoms with Gasteiger partial charge in [0.1, 0.15) is 0 Å². The second-order valence-corrected chi connectivity index (χ2v) is 8.63. The van der Waals surface area contributed by atoms with Crippen LogP contribution in [-0.4, -0.2) is 36.7 Å². The van der Waals surface area contributed by atoms with Crippen LogP contribution in [0.25, 0.3) is 0 Å². The molecule has 5 heteroatoms. The lowest BCUT2D eigenvalue weighted by Gasteiger charge is -2.23. The lowest BCUT2D eigenvalue weighted by Crippen LogP contribution is -2.30. The van der Waals surface area contributed by atoms with Gasteiger partial charge in [0.15, 0.2) is 0 Å². The van der Waals surface area contributed by atoms with Crippen molar-refractivity contribution in [1.29, 1.82) is 0 Å². The minimum absolute atomic E-state index is 0.00116. The van der Waals surface area contributed by atoms with E-state index in [4.69, 9.17) is 2.74 Å². The summed E-state index contributed by atoms with van der Waals surface area (Å²) in [5.74, 6) is -0.666. The first-order valence-electron chi connectivity index (χ1n) is 9.79. The maximum absolute atomic E-state index is 11.6. The average molecular weight is 345 g/mol. The quantitative estimate of drug-likeness (QED) is 0.778. The Balaban J connectivity index is 0. The lowest BCUT2D eigenvalue weighted by atomic mass is 9.80. The largest absolute Gasteiger partial charge is 0.359 e. The highest BCUT2D eigenvalue weighted by Crippen LogP contribution is 2.34. The summed E-state index contributed by atoms with van der Waals surface area (Å²) in [4.78, 5) is 34.3. The molecule has 0 aromatic heterocycles. The van der Waals surface area contributed by atoms with Crippen molar-refractivity contribution in [2.24, 2.45) is 16.7 Å². The first kappa shape index (κ1) is 20.7. The van der Waals surface area contributed by atoms with Crippen molar-refractivity contribution in [2.45, 2.75) is 74.7 Å². The zero-order chi connectivity index (χ0) is 21.1. The summed E-state index contributed by atoms with van der Waals surface area (Å²) >= 11 is 0. The predicted octanol–water partition coefficient (Wildman–Crippen LogP) is 3.62. The van der Waals surface area contributed by atoms with E-state index in [9.17, 15) is 14.4 Å². The van der Waals surface area contributed by atoms with Crippen LogP contribution in [-0.2, 0) is 14.4 Å². The van der Waals surface area contributed by atoms with Crippen LogP contribution in [0.15, 0.2) is 0 Å². The number of hydrogen-bond acceptors (Lipinski definition) is 3. The molecule has 1 rings (SSSR count). The van der Waals surface area contributed by atoms with Crippen LogP contribution < -0.4 is 5.32 Å². The van der Waals surface area contributed by atoms with Crippen molar-refractivity contribution in [3.63, 3.8) is 0 Å². The van der Waals surface area contributed by atoms with Crippen LogP contribution >= 0.6 is 0 Å². The summed E-state index contributed by atoms with van der Waals surface area (Å²) in [6.45, 7) is 16.5. The molecule has 0 aromatic carbocycles. The number of nitrogens with one attached hydrogen (secondary N) is 1. The van der Waals surface area contributed by atoms with Gasteiger partial charge < -0.3 is 5.32 Å². The van der Waals surface area contributed by atoms with Crippen LogP contribution in [0.1, 0.15) is 77.4 Å². The lowest BCUT2D eigenvalue weighted by molar-refractivity contribution is -0.138. The highest BCUT2D eigenvalue weighted by Gasteiger charge is 2.42. The van der Waals surface area contributed by atoms with E-state index in [1.54, 1.807) is 0 Å². The normalized spacial score (nSPS) is 18.7. The Hall–Kier alpha value is -1.39. The van der Waals surface area contributed by atoms with Crippen LogP contribution in [0.3, 0.4) is 0 Å². The molecule has 0 bridgehead atoms. The number of carbonyl (C=O) groups is 3. The summed E-state index contributed by atoms with van der Waals surface area (Å²) in [5, 5.41) is 2.37. The van der Waals surface area contributed by atoms with Crippen LogP contribution in [0, 0.1) is 16.7 Å². The second kappa shape index (κ2) is 10.5. The van der Waals surface area contributed by atoms with Gasteiger partial charge in [-0.3, -0.25) is 19.3 Å². The molecule has 3 amide bonds. The van der Waals surface area contributed by atoms with Gasteiger partial charge in [-0.05, 0) is 17.3 Å². The maximum atomic E-state index is 11.6. The number of carbonyl (C=O) groups excluding carboxylic acids is 3. The van der Waals surface area contributed by atoms with Crippen molar-refractivity contribution >= 4 is 17.7 Å². The number of hydrogen-bond donors (Lipinski definition) is 1. The van der Waals surface area contributed by atoms with Gasteiger partial charge in [0.25, 0.3) is 0 Å². The van der Waals surface area contributed by atoms with E-state index in [1.807, 2.05) is 27.7 Å². The SMILES string of the molecule is CC(C)(C)C.[2H]CN1C(=O)CC(C(C)(C)C)C1=O.[2H]CNC(=O)CCC. The minimum Gasteiger partial charge on any atom is -0.359 e. The molecule has 1 unspecified atom stereocenters. The first-order valence-corrected chi connectivity index (χ1v) is 8.38. The van der Waals surface area contributed by atoms with Gasteiger partial charge in [0.05, 0.1) is 5.92 Å². The van der Waals surface area contributed by atoms with Crippen LogP contribution in [0.4, 0.5) is 0 Å². The molecule has 1 saturated heterocycles. The molecule has 0 aromatic rings. The van der Waals surface area contributed by atoms with E-state index in [0.29, 0.717) is 11.8 Å². The van der Waals surface area contributed by atoms with Gasteiger partial charge in [-0.1, -0.05) is 55.4 Å². The van der Waals surface area contributed by atoms with Crippen molar-refractivity contribution < 1.29 is 17.1 Å². The van der Waals surface area contributed by atoms with Gasteiger partial charge in [-0.15, -0.1) is 0 Å². The molecule has 1 heterocycles. The first-order chi connectivity index (χ1) is 11.7. The number of rotatable bonds is 2. The van der Waals surface area contributed by atoms with Gasteiger partial charge in [0, 0.05) is 29.6 Å². The van der Waals surface area contributed by atoms with Gasteiger partial charge >= 0.3 is 0 Å². The Morgan fingerprint density at radius 2 is 1.71 bits per heavy atom. The number of nitrogens with zero attached hydrogens (tertiary/aromatic N) is 1. The topological polar surface area (TPSA) is 66.5 Å². The van der Waals surface area contributed by atoms with E-state index in [1.165, 1.54) is 0 Å². The highest BCUT2D eigenvalue weighted by molar-refractivity contribution is 6.03. The molecule has 1 aliphatic heterocycles. The molecular weight excluding hydrogens is 304 g/mol. The van der Waals surface area contributed by atoms with Crippen molar-refractivity contribution in [1.82, 2.24) is 10.2 Å².